The van der Waals surface area contributed by atoms with Crippen LogP contribution in [0.1, 0.15) is 26.2 Å². The number of hydrogen-bond acceptors (Lipinski definition) is 3. The molecule has 0 saturated heterocycles. The Bertz CT molecular complexity index is 135. The second kappa shape index (κ2) is 8.01. The zero-order chi connectivity index (χ0) is 10.1. The number of amides is 1. The molecule has 78 valence electrons. The highest BCUT2D eigenvalue weighted by Gasteiger charge is 2.07. The normalized spacial score (nSPS) is 12.5. The van der Waals surface area contributed by atoms with Gasteiger partial charge in [-0.2, -0.15) is 0 Å². The van der Waals surface area contributed by atoms with E-state index in [2.05, 4.69) is 5.32 Å². The highest BCUT2D eigenvalue weighted by Crippen LogP contribution is 1.93. The number of rotatable bonds is 7. The van der Waals surface area contributed by atoms with Crippen LogP contribution in [0.3, 0.4) is 0 Å². The lowest BCUT2D eigenvalue weighted by Crippen LogP contribution is -2.36. The highest BCUT2D eigenvalue weighted by atomic mass is 16.5. The molecule has 13 heavy (non-hydrogen) atoms. The molecule has 0 aromatic heterocycles. The number of carbonyl (C=O) groups is 1. The number of carbonyl (C=O) groups excluding carboxylic acids is 1. The Kier molecular flexibility index (Phi) is 7.63. The Hall–Kier alpha value is -0.610. The quantitative estimate of drug-likeness (QED) is 0.566. The molecule has 4 heteroatoms. The molecule has 1 unspecified atom stereocenters. The van der Waals surface area contributed by atoms with E-state index in [9.17, 15) is 4.79 Å². The van der Waals surface area contributed by atoms with Crippen molar-refractivity contribution >= 4 is 5.91 Å². The van der Waals surface area contributed by atoms with E-state index in [4.69, 9.17) is 9.84 Å². The van der Waals surface area contributed by atoms with Crippen molar-refractivity contribution in [1.82, 2.24) is 5.32 Å². The molecule has 0 fully saturated rings. The van der Waals surface area contributed by atoms with Crippen molar-refractivity contribution < 1.29 is 14.6 Å². The Balaban J connectivity index is 3.48. The summed E-state index contributed by atoms with van der Waals surface area (Å²) < 4.78 is 4.82. The van der Waals surface area contributed by atoms with Crippen molar-refractivity contribution in [2.45, 2.75) is 32.2 Å². The summed E-state index contributed by atoms with van der Waals surface area (Å²) in [6.07, 6.45) is 1.95. The van der Waals surface area contributed by atoms with Crippen LogP contribution in [0.2, 0.25) is 0 Å². The molecule has 0 aromatic carbocycles. The van der Waals surface area contributed by atoms with Gasteiger partial charge in [-0.3, -0.25) is 4.79 Å². The molecule has 0 heterocycles. The van der Waals surface area contributed by atoms with Crippen molar-refractivity contribution in [2.24, 2.45) is 0 Å². The minimum atomic E-state index is -0.102. The van der Waals surface area contributed by atoms with Crippen LogP contribution >= 0.6 is 0 Å². The summed E-state index contributed by atoms with van der Waals surface area (Å²) in [6, 6.07) is -0.102. The van der Waals surface area contributed by atoms with Gasteiger partial charge < -0.3 is 15.2 Å². The van der Waals surface area contributed by atoms with Crippen LogP contribution in [0.4, 0.5) is 0 Å². The Morgan fingerprint density at radius 3 is 2.77 bits per heavy atom. The van der Waals surface area contributed by atoms with Gasteiger partial charge in [0.2, 0.25) is 5.91 Å². The van der Waals surface area contributed by atoms with E-state index in [1.54, 1.807) is 7.11 Å². The number of nitrogens with one attached hydrogen (secondary N) is 1. The first-order chi connectivity index (χ1) is 6.24. The third kappa shape index (κ3) is 6.54. The van der Waals surface area contributed by atoms with Gasteiger partial charge in [-0.1, -0.05) is 6.92 Å². The van der Waals surface area contributed by atoms with Crippen molar-refractivity contribution in [3.8, 4) is 0 Å². The first-order valence-electron chi connectivity index (χ1n) is 4.63. The van der Waals surface area contributed by atoms with Crippen LogP contribution in [-0.2, 0) is 9.53 Å². The molecule has 0 spiro atoms. The van der Waals surface area contributed by atoms with Gasteiger partial charge in [0, 0.05) is 20.1 Å². The smallest absolute Gasteiger partial charge is 0.220 e. The lowest BCUT2D eigenvalue weighted by atomic mass is 10.2. The fraction of sp³-hybridized carbons (Fsp3) is 0.889. The molecule has 1 amide bonds. The molecule has 1 atom stereocenters. The monoisotopic (exact) mass is 189 g/mol. The molecule has 0 aliphatic rings. The number of ether oxygens (including phenoxy) is 1. The molecule has 0 aliphatic carbocycles. The third-order valence-electron chi connectivity index (χ3n) is 1.83. The van der Waals surface area contributed by atoms with Crippen LogP contribution in [-0.4, -0.2) is 37.4 Å². The molecule has 0 aliphatic heterocycles. The zero-order valence-electron chi connectivity index (χ0n) is 8.38. The number of aliphatic hydroxyl groups is 1. The van der Waals surface area contributed by atoms with Gasteiger partial charge in [-0.25, -0.2) is 0 Å². The molecule has 2 N–H and O–H groups in total. The number of methoxy groups -OCH3 is 1. The number of hydrogen-bond donors (Lipinski definition) is 2. The molecule has 4 nitrogen and oxygen atoms in total. The largest absolute Gasteiger partial charge is 0.394 e. The molecule has 0 saturated carbocycles. The Morgan fingerprint density at radius 2 is 2.31 bits per heavy atom. The summed E-state index contributed by atoms with van der Waals surface area (Å²) in [4.78, 5) is 11.2. The molecule has 0 radical (unpaired) electrons. The molecule has 0 bridgehead atoms. The molecule has 0 aromatic rings. The standard InChI is InChI=1S/C9H19NO3/c1-3-8(7-11)10-9(12)5-4-6-13-2/h8,11H,3-7H2,1-2H3,(H,10,12). The summed E-state index contributed by atoms with van der Waals surface area (Å²) >= 11 is 0. The lowest BCUT2D eigenvalue weighted by molar-refractivity contribution is -0.122. The van der Waals surface area contributed by atoms with Crippen molar-refractivity contribution in [2.75, 3.05) is 20.3 Å². The summed E-state index contributed by atoms with van der Waals surface area (Å²) in [5.41, 5.74) is 0. The maximum absolute atomic E-state index is 11.2. The van der Waals surface area contributed by atoms with Gasteiger partial charge in [0.25, 0.3) is 0 Å². The predicted molar refractivity (Wildman–Crippen MR) is 50.4 cm³/mol. The van der Waals surface area contributed by atoms with Crippen LogP contribution < -0.4 is 5.32 Å². The van der Waals surface area contributed by atoms with Crippen molar-refractivity contribution in [3.63, 3.8) is 0 Å². The van der Waals surface area contributed by atoms with E-state index < -0.39 is 0 Å². The minimum absolute atomic E-state index is 0.00647. The van der Waals surface area contributed by atoms with Crippen LogP contribution in [0, 0.1) is 0 Å². The highest BCUT2D eigenvalue weighted by molar-refractivity contribution is 5.76. The maximum atomic E-state index is 11.2. The summed E-state index contributed by atoms with van der Waals surface area (Å²) in [6.45, 7) is 2.53. The van der Waals surface area contributed by atoms with Gasteiger partial charge in [0.15, 0.2) is 0 Å². The van der Waals surface area contributed by atoms with E-state index >= 15 is 0 Å². The first kappa shape index (κ1) is 12.4. The maximum Gasteiger partial charge on any atom is 0.220 e. The average Bonchev–Trinajstić information content (AvgIpc) is 2.14. The number of aliphatic hydroxyl groups excluding tert-OH is 1. The van der Waals surface area contributed by atoms with Crippen LogP contribution in [0.25, 0.3) is 0 Å². The SMILES string of the molecule is CCC(CO)NC(=O)CCCOC. The fourth-order valence-electron chi connectivity index (χ4n) is 0.954. The van der Waals surface area contributed by atoms with E-state index in [1.165, 1.54) is 0 Å². The first-order valence-corrected chi connectivity index (χ1v) is 4.63. The summed E-state index contributed by atoms with van der Waals surface area (Å²) in [5, 5.41) is 11.5. The Morgan fingerprint density at radius 1 is 1.62 bits per heavy atom. The molecular weight excluding hydrogens is 170 g/mol. The summed E-state index contributed by atoms with van der Waals surface area (Å²) in [7, 11) is 1.61. The topological polar surface area (TPSA) is 58.6 Å². The minimum Gasteiger partial charge on any atom is -0.394 e. The fourth-order valence-corrected chi connectivity index (χ4v) is 0.954. The van der Waals surface area contributed by atoms with Crippen LogP contribution in [0.15, 0.2) is 0 Å². The van der Waals surface area contributed by atoms with E-state index in [0.717, 1.165) is 12.8 Å². The second-order valence-corrected chi connectivity index (χ2v) is 2.95. The van der Waals surface area contributed by atoms with Gasteiger partial charge in [-0.05, 0) is 12.8 Å². The second-order valence-electron chi connectivity index (χ2n) is 2.95. The van der Waals surface area contributed by atoms with Crippen LogP contribution in [0.5, 0.6) is 0 Å². The van der Waals surface area contributed by atoms with Gasteiger partial charge in [-0.15, -0.1) is 0 Å². The van der Waals surface area contributed by atoms with E-state index in [0.29, 0.717) is 13.0 Å². The third-order valence-corrected chi connectivity index (χ3v) is 1.83. The molecule has 0 rings (SSSR count). The van der Waals surface area contributed by atoms with Gasteiger partial charge >= 0.3 is 0 Å². The average molecular weight is 189 g/mol. The predicted octanol–water partition coefficient (Wildman–Crippen LogP) is 0.300. The lowest BCUT2D eigenvalue weighted by Gasteiger charge is -2.13. The van der Waals surface area contributed by atoms with Gasteiger partial charge in [0.05, 0.1) is 12.6 Å². The van der Waals surface area contributed by atoms with Crippen molar-refractivity contribution in [3.05, 3.63) is 0 Å². The van der Waals surface area contributed by atoms with E-state index in [-0.39, 0.29) is 18.6 Å². The summed E-state index contributed by atoms with van der Waals surface area (Å²) in [5.74, 6) is -0.0158. The Labute approximate surface area is 79.3 Å². The van der Waals surface area contributed by atoms with Crippen molar-refractivity contribution in [1.29, 1.82) is 0 Å². The zero-order valence-corrected chi connectivity index (χ0v) is 8.38. The molecular formula is C9H19NO3. The van der Waals surface area contributed by atoms with Gasteiger partial charge in [0.1, 0.15) is 0 Å². The van der Waals surface area contributed by atoms with E-state index in [1.807, 2.05) is 6.92 Å².